The van der Waals surface area contributed by atoms with E-state index in [1.54, 1.807) is 0 Å². The van der Waals surface area contributed by atoms with Gasteiger partial charge in [-0.15, -0.1) is 24.8 Å². The van der Waals surface area contributed by atoms with Gasteiger partial charge in [0.15, 0.2) is 5.75 Å². The second-order valence-electron chi connectivity index (χ2n) is 3.02. The molecular formula is C8H4ClF6NO2. The van der Waals surface area contributed by atoms with Crippen LogP contribution in [-0.2, 0) is 12.1 Å². The van der Waals surface area contributed by atoms with Crippen LogP contribution in [0.2, 0.25) is 0 Å². The molecule has 3 nitrogen and oxygen atoms in total. The number of alkyl halides is 7. The fourth-order valence-electron chi connectivity index (χ4n) is 1.08. The highest BCUT2D eigenvalue weighted by Crippen LogP contribution is 2.30. The molecule has 0 amide bonds. The molecule has 1 heterocycles. The highest BCUT2D eigenvalue weighted by atomic mass is 35.5. The maximum Gasteiger partial charge on any atom is 0.573 e. The van der Waals surface area contributed by atoms with Crippen LogP contribution in [0.15, 0.2) is 11.0 Å². The minimum atomic E-state index is -5.29. The topological polar surface area (TPSA) is 42.1 Å². The lowest BCUT2D eigenvalue weighted by atomic mass is 10.2. The molecule has 18 heavy (non-hydrogen) atoms. The van der Waals surface area contributed by atoms with Crippen LogP contribution in [0.1, 0.15) is 11.3 Å². The molecule has 0 radical (unpaired) electrons. The molecule has 0 saturated heterocycles. The van der Waals surface area contributed by atoms with Crippen LogP contribution in [0.4, 0.5) is 26.3 Å². The molecule has 0 fully saturated rings. The third-order valence-corrected chi connectivity index (χ3v) is 2.04. The van der Waals surface area contributed by atoms with Gasteiger partial charge in [0.25, 0.3) is 0 Å². The molecule has 0 aliphatic rings. The van der Waals surface area contributed by atoms with Gasteiger partial charge >= 0.3 is 12.5 Å². The first kappa shape index (κ1) is 14.7. The first-order valence-electron chi connectivity index (χ1n) is 4.19. The summed E-state index contributed by atoms with van der Waals surface area (Å²) in [5.74, 6) is -2.15. The molecule has 0 saturated carbocycles. The van der Waals surface area contributed by atoms with E-state index in [4.69, 9.17) is 11.6 Å². The van der Waals surface area contributed by atoms with E-state index in [1.807, 2.05) is 4.98 Å². The number of aromatic nitrogens is 1. The Morgan fingerprint density at radius 1 is 1.22 bits per heavy atom. The molecule has 102 valence electrons. The Hall–Kier alpha value is -1.38. The number of H-pyrrole nitrogens is 1. The molecule has 1 aromatic heterocycles. The Labute approximate surface area is 100 Å². The van der Waals surface area contributed by atoms with Crippen LogP contribution >= 0.6 is 11.6 Å². The number of rotatable bonds is 2. The maximum absolute atomic E-state index is 12.3. The fraction of sp³-hybridized carbons (Fsp3) is 0.375. The number of pyridine rings is 1. The summed E-state index contributed by atoms with van der Waals surface area (Å²) in [6.07, 6.45) is -10.1. The summed E-state index contributed by atoms with van der Waals surface area (Å²) in [7, 11) is 0. The lowest BCUT2D eigenvalue weighted by Gasteiger charge is -2.13. The average Bonchev–Trinajstić information content (AvgIpc) is 2.17. The van der Waals surface area contributed by atoms with Crippen LogP contribution in [0.3, 0.4) is 0 Å². The summed E-state index contributed by atoms with van der Waals surface area (Å²) < 4.78 is 76.1. The van der Waals surface area contributed by atoms with Crippen LogP contribution < -0.4 is 10.2 Å². The number of nitrogens with one attached hydrogen (secondary N) is 1. The van der Waals surface area contributed by atoms with Gasteiger partial charge in [0.2, 0.25) is 5.43 Å². The number of aromatic amines is 1. The largest absolute Gasteiger partial charge is 0.573 e. The van der Waals surface area contributed by atoms with Gasteiger partial charge in [0, 0.05) is 6.20 Å². The summed E-state index contributed by atoms with van der Waals surface area (Å²) in [5.41, 5.74) is -4.31. The Bertz CT molecular complexity index is 492. The molecule has 0 bridgehead atoms. The minimum Gasteiger partial charge on any atom is -0.400 e. The summed E-state index contributed by atoms with van der Waals surface area (Å²) in [5, 5.41) is 0. The lowest BCUT2D eigenvalue weighted by molar-refractivity contribution is -0.275. The summed E-state index contributed by atoms with van der Waals surface area (Å²) in [4.78, 5) is 13.1. The molecule has 0 aromatic carbocycles. The Morgan fingerprint density at radius 2 is 1.78 bits per heavy atom. The van der Waals surface area contributed by atoms with E-state index in [1.165, 1.54) is 0 Å². The quantitative estimate of drug-likeness (QED) is 0.673. The van der Waals surface area contributed by atoms with Crippen molar-refractivity contribution < 1.29 is 31.1 Å². The van der Waals surface area contributed by atoms with Gasteiger partial charge in [-0.05, 0) is 0 Å². The van der Waals surface area contributed by atoms with Crippen molar-refractivity contribution in [3.8, 4) is 5.75 Å². The van der Waals surface area contributed by atoms with Crippen LogP contribution in [0.5, 0.6) is 5.75 Å². The van der Waals surface area contributed by atoms with E-state index >= 15 is 0 Å². The third-order valence-electron chi connectivity index (χ3n) is 1.77. The molecule has 1 rings (SSSR count). The van der Waals surface area contributed by atoms with E-state index < -0.39 is 40.9 Å². The number of hydrogen-bond acceptors (Lipinski definition) is 2. The predicted molar refractivity (Wildman–Crippen MR) is 48.3 cm³/mol. The van der Waals surface area contributed by atoms with Crippen molar-refractivity contribution in [3.63, 3.8) is 0 Å². The zero-order valence-electron chi connectivity index (χ0n) is 8.25. The Morgan fingerprint density at radius 3 is 2.17 bits per heavy atom. The molecule has 0 atom stereocenters. The fourth-order valence-corrected chi connectivity index (χ4v) is 1.28. The second-order valence-corrected chi connectivity index (χ2v) is 3.29. The number of ether oxygens (including phenoxy) is 1. The number of halogens is 7. The van der Waals surface area contributed by atoms with Gasteiger partial charge in [-0.25, -0.2) is 0 Å². The Kier molecular flexibility index (Phi) is 3.84. The van der Waals surface area contributed by atoms with Crippen molar-refractivity contribution in [2.75, 3.05) is 0 Å². The summed E-state index contributed by atoms with van der Waals surface area (Å²) in [6.45, 7) is 0. The first-order valence-corrected chi connectivity index (χ1v) is 4.73. The van der Waals surface area contributed by atoms with Crippen LogP contribution in [0.25, 0.3) is 0 Å². The molecular weight excluding hydrogens is 292 g/mol. The van der Waals surface area contributed by atoms with Crippen LogP contribution in [-0.4, -0.2) is 11.3 Å². The van der Waals surface area contributed by atoms with Crippen molar-refractivity contribution in [1.29, 1.82) is 0 Å². The molecule has 10 heteroatoms. The predicted octanol–water partition coefficient (Wildman–Crippen LogP) is 3.03. The summed E-state index contributed by atoms with van der Waals surface area (Å²) in [6, 6.07) is 0. The number of hydrogen-bond donors (Lipinski definition) is 1. The lowest BCUT2D eigenvalue weighted by Crippen LogP contribution is -2.27. The monoisotopic (exact) mass is 295 g/mol. The Balaban J connectivity index is 3.42. The highest BCUT2D eigenvalue weighted by Gasteiger charge is 2.39. The highest BCUT2D eigenvalue weighted by molar-refractivity contribution is 6.17. The SMILES string of the molecule is O=c1c(C(F)(F)F)c[nH]c(CCl)c1OC(F)(F)F. The summed E-state index contributed by atoms with van der Waals surface area (Å²) >= 11 is 5.20. The molecule has 1 N–H and O–H groups in total. The van der Waals surface area contributed by atoms with E-state index in [-0.39, 0.29) is 6.20 Å². The van der Waals surface area contributed by atoms with Gasteiger partial charge < -0.3 is 9.72 Å². The van der Waals surface area contributed by atoms with E-state index in [0.717, 1.165) is 0 Å². The zero-order chi connectivity index (χ0) is 14.1. The van der Waals surface area contributed by atoms with E-state index in [9.17, 15) is 31.1 Å². The van der Waals surface area contributed by atoms with Gasteiger partial charge in [0.05, 0.1) is 11.6 Å². The van der Waals surface area contributed by atoms with Gasteiger partial charge in [-0.3, -0.25) is 4.79 Å². The van der Waals surface area contributed by atoms with Crippen molar-refractivity contribution in [1.82, 2.24) is 4.98 Å². The zero-order valence-corrected chi connectivity index (χ0v) is 9.00. The van der Waals surface area contributed by atoms with Crippen LogP contribution in [0, 0.1) is 0 Å². The van der Waals surface area contributed by atoms with Crippen molar-refractivity contribution in [2.45, 2.75) is 18.4 Å². The van der Waals surface area contributed by atoms with Crippen molar-refractivity contribution in [2.24, 2.45) is 0 Å². The molecule has 0 aliphatic carbocycles. The van der Waals surface area contributed by atoms with Crippen molar-refractivity contribution >= 4 is 11.6 Å². The molecule has 0 aliphatic heterocycles. The normalized spacial score (nSPS) is 12.6. The second kappa shape index (κ2) is 4.71. The minimum absolute atomic E-state index is 0.239. The van der Waals surface area contributed by atoms with E-state index in [2.05, 4.69) is 4.74 Å². The van der Waals surface area contributed by atoms with Gasteiger partial charge in [-0.1, -0.05) is 0 Å². The maximum atomic E-state index is 12.3. The average molecular weight is 296 g/mol. The molecule has 0 spiro atoms. The van der Waals surface area contributed by atoms with Gasteiger partial charge in [0.1, 0.15) is 5.56 Å². The van der Waals surface area contributed by atoms with E-state index in [0.29, 0.717) is 0 Å². The third kappa shape index (κ3) is 3.31. The van der Waals surface area contributed by atoms with Crippen molar-refractivity contribution in [3.05, 3.63) is 27.7 Å². The smallest absolute Gasteiger partial charge is 0.400 e. The molecule has 1 aromatic rings. The first-order chi connectivity index (χ1) is 8.06. The standard InChI is InChI=1S/C8H4ClF6NO2/c9-1-4-6(18-8(13,14)15)5(17)3(2-16-4)7(10,11)12/h2H,1H2,(H,16,17). The van der Waals surface area contributed by atoms with Gasteiger partial charge in [-0.2, -0.15) is 13.2 Å². The molecule has 0 unspecified atom stereocenters.